The fourth-order valence-corrected chi connectivity index (χ4v) is 3.47. The molecule has 3 N–H and O–H groups in total. The first-order valence-electron chi connectivity index (χ1n) is 10.0. The maximum atomic E-state index is 12.6. The number of methoxy groups -OCH3 is 1. The van der Waals surface area contributed by atoms with Crippen LogP contribution < -0.4 is 25.6 Å². The lowest BCUT2D eigenvalue weighted by Gasteiger charge is -2.30. The molecule has 0 fully saturated rings. The van der Waals surface area contributed by atoms with Gasteiger partial charge >= 0.3 is 0 Å². The first kappa shape index (κ1) is 20.9. The van der Waals surface area contributed by atoms with Gasteiger partial charge in [0.15, 0.2) is 0 Å². The summed E-state index contributed by atoms with van der Waals surface area (Å²) in [6.07, 6.45) is 0. The van der Waals surface area contributed by atoms with Crippen LogP contribution in [0.3, 0.4) is 0 Å². The third kappa shape index (κ3) is 4.70. The van der Waals surface area contributed by atoms with Crippen molar-refractivity contribution in [3.8, 4) is 5.75 Å². The van der Waals surface area contributed by atoms with Gasteiger partial charge in [0.2, 0.25) is 11.8 Å². The zero-order valence-corrected chi connectivity index (χ0v) is 17.4. The first-order valence-corrected chi connectivity index (χ1v) is 10.0. The van der Waals surface area contributed by atoms with E-state index in [0.717, 1.165) is 5.69 Å². The average molecular weight is 430 g/mol. The van der Waals surface area contributed by atoms with Gasteiger partial charge in [-0.25, -0.2) is 0 Å². The van der Waals surface area contributed by atoms with Crippen molar-refractivity contribution in [1.29, 1.82) is 0 Å². The molecule has 0 saturated carbocycles. The minimum absolute atomic E-state index is 0.0282. The summed E-state index contributed by atoms with van der Waals surface area (Å²) in [6, 6.07) is 21.1. The number of hydrogen-bond acceptors (Lipinski definition) is 5. The normalized spacial score (nSPS) is 12.4. The molecule has 0 unspecified atom stereocenters. The Morgan fingerprint density at radius 2 is 1.69 bits per heavy atom. The van der Waals surface area contributed by atoms with Crippen LogP contribution in [0, 0.1) is 0 Å². The Balaban J connectivity index is 1.38. The molecule has 3 amide bonds. The molecule has 0 aliphatic carbocycles. The number of benzene rings is 3. The molecule has 162 valence electrons. The Kier molecular flexibility index (Phi) is 6.03. The van der Waals surface area contributed by atoms with Crippen LogP contribution in [0.4, 0.5) is 22.7 Å². The number of nitrogens with zero attached hydrogens (tertiary/aromatic N) is 1. The zero-order valence-electron chi connectivity index (χ0n) is 17.4. The number of carbonyl (C=O) groups is 3. The van der Waals surface area contributed by atoms with E-state index in [0.29, 0.717) is 28.4 Å². The molecule has 0 radical (unpaired) electrons. The van der Waals surface area contributed by atoms with Gasteiger partial charge in [0, 0.05) is 11.3 Å². The lowest BCUT2D eigenvalue weighted by molar-refractivity contribution is -0.115. The van der Waals surface area contributed by atoms with Gasteiger partial charge in [0.05, 0.1) is 37.3 Å². The Morgan fingerprint density at radius 3 is 2.47 bits per heavy atom. The smallest absolute Gasteiger partial charge is 0.255 e. The average Bonchev–Trinajstić information content (AvgIpc) is 2.79. The van der Waals surface area contributed by atoms with Gasteiger partial charge in [-0.15, -0.1) is 0 Å². The zero-order chi connectivity index (χ0) is 22.5. The van der Waals surface area contributed by atoms with Crippen molar-refractivity contribution in [3.63, 3.8) is 0 Å². The second kappa shape index (κ2) is 9.22. The van der Waals surface area contributed by atoms with Gasteiger partial charge < -0.3 is 25.6 Å². The summed E-state index contributed by atoms with van der Waals surface area (Å²) >= 11 is 0. The van der Waals surface area contributed by atoms with Crippen LogP contribution in [0.25, 0.3) is 0 Å². The van der Waals surface area contributed by atoms with Gasteiger partial charge in [-0.3, -0.25) is 14.4 Å². The number of amides is 3. The summed E-state index contributed by atoms with van der Waals surface area (Å²) in [5, 5.41) is 8.41. The molecule has 1 aliphatic rings. The molecule has 1 aliphatic heterocycles. The van der Waals surface area contributed by atoms with Crippen molar-refractivity contribution in [3.05, 3.63) is 78.4 Å². The summed E-state index contributed by atoms with van der Waals surface area (Å²) in [4.78, 5) is 38.7. The van der Waals surface area contributed by atoms with E-state index in [1.807, 2.05) is 24.3 Å². The number of fused-ring (bicyclic) bond motifs is 1. The molecule has 32 heavy (non-hydrogen) atoms. The van der Waals surface area contributed by atoms with Crippen LogP contribution in [0.15, 0.2) is 72.8 Å². The molecule has 0 bridgehead atoms. The second-order valence-corrected chi connectivity index (χ2v) is 7.20. The van der Waals surface area contributed by atoms with Crippen molar-refractivity contribution in [2.24, 2.45) is 0 Å². The number of hydrogen-bond donors (Lipinski definition) is 3. The van der Waals surface area contributed by atoms with Gasteiger partial charge in [0.1, 0.15) is 5.75 Å². The third-order valence-corrected chi connectivity index (χ3v) is 4.97. The first-order chi connectivity index (χ1) is 15.5. The molecule has 0 spiro atoms. The lowest BCUT2D eigenvalue weighted by atomic mass is 10.1. The Hall–Kier alpha value is -4.33. The van der Waals surface area contributed by atoms with Crippen molar-refractivity contribution in [2.75, 3.05) is 41.0 Å². The Labute approximate surface area is 185 Å². The number of nitrogens with one attached hydrogen (secondary N) is 3. The van der Waals surface area contributed by atoms with E-state index in [1.165, 1.54) is 7.11 Å². The predicted molar refractivity (Wildman–Crippen MR) is 123 cm³/mol. The highest BCUT2D eigenvalue weighted by Crippen LogP contribution is 2.28. The van der Waals surface area contributed by atoms with Crippen molar-refractivity contribution >= 4 is 40.5 Å². The van der Waals surface area contributed by atoms with Gasteiger partial charge in [-0.2, -0.15) is 0 Å². The van der Waals surface area contributed by atoms with Crippen molar-refractivity contribution in [1.82, 2.24) is 0 Å². The monoisotopic (exact) mass is 430 g/mol. The fourth-order valence-electron chi connectivity index (χ4n) is 3.47. The minimum atomic E-state index is -0.289. The van der Waals surface area contributed by atoms with E-state index >= 15 is 0 Å². The highest BCUT2D eigenvalue weighted by Gasteiger charge is 2.23. The van der Waals surface area contributed by atoms with E-state index in [1.54, 1.807) is 53.4 Å². The molecule has 3 aromatic rings. The van der Waals surface area contributed by atoms with E-state index < -0.39 is 0 Å². The number of ether oxygens (including phenoxy) is 1. The van der Waals surface area contributed by atoms with Crippen LogP contribution in [-0.4, -0.2) is 37.9 Å². The largest absolute Gasteiger partial charge is 0.495 e. The highest BCUT2D eigenvalue weighted by molar-refractivity contribution is 6.06. The summed E-state index contributed by atoms with van der Waals surface area (Å²) in [6.45, 7) is 0.132. The number of para-hydroxylation sites is 4. The molecule has 1 heterocycles. The second-order valence-electron chi connectivity index (χ2n) is 7.20. The molecule has 8 heteroatoms. The summed E-state index contributed by atoms with van der Waals surface area (Å²) in [5.74, 6) is -0.149. The van der Waals surface area contributed by atoms with Gasteiger partial charge in [0.25, 0.3) is 5.91 Å². The van der Waals surface area contributed by atoms with Crippen LogP contribution in [0.2, 0.25) is 0 Å². The molecular weight excluding hydrogens is 408 g/mol. The molecule has 8 nitrogen and oxygen atoms in total. The van der Waals surface area contributed by atoms with Crippen LogP contribution in [-0.2, 0) is 9.59 Å². The molecular formula is C24H22N4O4. The van der Waals surface area contributed by atoms with Gasteiger partial charge in [-0.1, -0.05) is 24.3 Å². The highest BCUT2D eigenvalue weighted by atomic mass is 16.5. The summed E-state index contributed by atoms with van der Waals surface area (Å²) in [5.41, 5.74) is 3.05. The Bertz CT molecular complexity index is 1160. The van der Waals surface area contributed by atoms with E-state index in [4.69, 9.17) is 4.74 Å². The summed E-state index contributed by atoms with van der Waals surface area (Å²) < 4.78 is 5.24. The number of rotatable bonds is 6. The maximum absolute atomic E-state index is 12.6. The quantitative estimate of drug-likeness (QED) is 0.557. The topological polar surface area (TPSA) is 99.8 Å². The minimum Gasteiger partial charge on any atom is -0.495 e. The van der Waals surface area contributed by atoms with Gasteiger partial charge in [-0.05, 0) is 48.5 Å². The number of carbonyl (C=O) groups excluding carboxylic acids is 3. The molecule has 4 rings (SSSR count). The molecule has 0 atom stereocenters. The van der Waals surface area contributed by atoms with E-state index in [9.17, 15) is 14.4 Å². The maximum Gasteiger partial charge on any atom is 0.255 e. The Morgan fingerprint density at radius 1 is 0.969 bits per heavy atom. The standard InChI is InChI=1S/C24H22N4O4/c1-32-21-9-5-3-7-19(21)27-24(31)16-10-12-17(13-11-16)25-22(29)14-28-15-23(30)26-18-6-2-4-8-20(18)28/h2-13H,14-15H2,1H3,(H,25,29)(H,26,30)(H,27,31). The third-order valence-electron chi connectivity index (χ3n) is 4.97. The van der Waals surface area contributed by atoms with Crippen LogP contribution in [0.1, 0.15) is 10.4 Å². The van der Waals surface area contributed by atoms with Crippen molar-refractivity contribution in [2.45, 2.75) is 0 Å². The summed E-state index contributed by atoms with van der Waals surface area (Å²) in [7, 11) is 1.54. The van der Waals surface area contributed by atoms with Crippen LogP contribution in [0.5, 0.6) is 5.75 Å². The van der Waals surface area contributed by atoms with E-state index in [2.05, 4.69) is 16.0 Å². The van der Waals surface area contributed by atoms with Crippen LogP contribution >= 0.6 is 0 Å². The molecule has 0 aromatic heterocycles. The lowest BCUT2D eigenvalue weighted by Crippen LogP contribution is -2.42. The predicted octanol–water partition coefficient (Wildman–Crippen LogP) is 3.34. The SMILES string of the molecule is COc1ccccc1NC(=O)c1ccc(NC(=O)CN2CC(=O)Nc3ccccc32)cc1. The van der Waals surface area contributed by atoms with E-state index in [-0.39, 0.29) is 30.8 Å². The molecule has 3 aromatic carbocycles. The van der Waals surface area contributed by atoms with Crippen molar-refractivity contribution < 1.29 is 19.1 Å². The number of anilines is 4. The molecule has 0 saturated heterocycles. The fraction of sp³-hybridized carbons (Fsp3) is 0.125.